The molecular weight excluding hydrogens is 313 g/mol. The van der Waals surface area contributed by atoms with E-state index in [0.29, 0.717) is 15.2 Å². The van der Waals surface area contributed by atoms with Gasteiger partial charge in [0.25, 0.3) is 0 Å². The fourth-order valence-corrected chi connectivity index (χ4v) is 1.91. The van der Waals surface area contributed by atoms with Crippen LogP contribution in [0.15, 0.2) is 53.6 Å². The Labute approximate surface area is 132 Å². The van der Waals surface area contributed by atoms with Crippen LogP contribution in [0.25, 0.3) is 0 Å². The predicted octanol–water partition coefficient (Wildman–Crippen LogP) is 4.31. The highest BCUT2D eigenvalue weighted by molar-refractivity contribution is 7.80. The molecule has 0 aliphatic heterocycles. The minimum absolute atomic E-state index is 0.371. The molecular formula is C14H11Cl2N3S. The van der Waals surface area contributed by atoms with Gasteiger partial charge in [0.2, 0.25) is 0 Å². The number of benzene rings is 2. The van der Waals surface area contributed by atoms with Crippen molar-refractivity contribution in [3.63, 3.8) is 0 Å². The molecule has 2 N–H and O–H groups in total. The van der Waals surface area contributed by atoms with Gasteiger partial charge in [0, 0.05) is 5.69 Å². The number of nitrogens with one attached hydrogen (secondary N) is 2. The average Bonchev–Trinajstić information content (AvgIpc) is 2.44. The number of anilines is 1. The van der Waals surface area contributed by atoms with Gasteiger partial charge >= 0.3 is 0 Å². The summed E-state index contributed by atoms with van der Waals surface area (Å²) in [6.45, 7) is 0. The molecule has 0 aliphatic carbocycles. The molecule has 0 saturated heterocycles. The van der Waals surface area contributed by atoms with Crippen molar-refractivity contribution in [2.45, 2.75) is 0 Å². The van der Waals surface area contributed by atoms with Gasteiger partial charge < -0.3 is 5.32 Å². The van der Waals surface area contributed by atoms with Gasteiger partial charge in [-0.3, -0.25) is 5.43 Å². The van der Waals surface area contributed by atoms with Crippen molar-refractivity contribution in [2.24, 2.45) is 5.10 Å². The highest BCUT2D eigenvalue weighted by atomic mass is 35.5. The SMILES string of the molecule is S=C(NN=Cc1ccccc1)Nc1ccc(Cl)c(Cl)c1. The Kier molecular flexibility index (Phi) is 5.35. The summed E-state index contributed by atoms with van der Waals surface area (Å²) in [6, 6.07) is 14.9. The average molecular weight is 324 g/mol. The molecule has 0 aromatic heterocycles. The van der Waals surface area contributed by atoms with Gasteiger partial charge in [0.05, 0.1) is 16.3 Å². The van der Waals surface area contributed by atoms with E-state index in [0.717, 1.165) is 11.3 Å². The van der Waals surface area contributed by atoms with E-state index in [1.165, 1.54) is 0 Å². The molecule has 0 fully saturated rings. The van der Waals surface area contributed by atoms with E-state index in [-0.39, 0.29) is 0 Å². The fraction of sp³-hybridized carbons (Fsp3) is 0. The third-order valence-electron chi connectivity index (χ3n) is 2.36. The number of hydrogen-bond donors (Lipinski definition) is 2. The summed E-state index contributed by atoms with van der Waals surface area (Å²) in [7, 11) is 0. The fourth-order valence-electron chi connectivity index (χ4n) is 1.44. The Morgan fingerprint density at radius 3 is 2.50 bits per heavy atom. The van der Waals surface area contributed by atoms with E-state index in [2.05, 4.69) is 15.8 Å². The molecule has 0 saturated carbocycles. The highest BCUT2D eigenvalue weighted by Gasteiger charge is 2.00. The molecule has 102 valence electrons. The molecule has 0 spiro atoms. The Hall–Kier alpha value is -1.62. The molecule has 0 aliphatic rings. The van der Waals surface area contributed by atoms with Crippen LogP contribution in [0.4, 0.5) is 5.69 Å². The maximum atomic E-state index is 5.92. The van der Waals surface area contributed by atoms with Crippen LogP contribution in [0.1, 0.15) is 5.56 Å². The summed E-state index contributed by atoms with van der Waals surface area (Å²) in [5, 5.41) is 8.33. The second-order valence-electron chi connectivity index (χ2n) is 3.86. The van der Waals surface area contributed by atoms with Crippen LogP contribution in [0.5, 0.6) is 0 Å². The van der Waals surface area contributed by atoms with Gasteiger partial charge in [-0.2, -0.15) is 5.10 Å². The highest BCUT2D eigenvalue weighted by Crippen LogP contribution is 2.24. The van der Waals surface area contributed by atoms with Crippen molar-refractivity contribution < 1.29 is 0 Å². The van der Waals surface area contributed by atoms with Crippen molar-refractivity contribution in [1.82, 2.24) is 5.43 Å². The zero-order chi connectivity index (χ0) is 14.4. The molecule has 20 heavy (non-hydrogen) atoms. The van der Waals surface area contributed by atoms with Crippen LogP contribution in [0.3, 0.4) is 0 Å². The first-order chi connectivity index (χ1) is 9.65. The maximum Gasteiger partial charge on any atom is 0.191 e. The minimum Gasteiger partial charge on any atom is -0.331 e. The Balaban J connectivity index is 1.89. The zero-order valence-electron chi connectivity index (χ0n) is 10.3. The molecule has 0 heterocycles. The topological polar surface area (TPSA) is 36.4 Å². The number of hydrogen-bond acceptors (Lipinski definition) is 2. The summed E-state index contributed by atoms with van der Waals surface area (Å²) in [5.74, 6) is 0. The first-order valence-corrected chi connectivity index (χ1v) is 6.92. The van der Waals surface area contributed by atoms with Crippen LogP contribution in [-0.2, 0) is 0 Å². The van der Waals surface area contributed by atoms with Gasteiger partial charge in [-0.15, -0.1) is 0 Å². The van der Waals surface area contributed by atoms with Crippen LogP contribution < -0.4 is 10.7 Å². The maximum absolute atomic E-state index is 5.92. The van der Waals surface area contributed by atoms with Crippen molar-refractivity contribution in [1.29, 1.82) is 0 Å². The molecule has 3 nitrogen and oxygen atoms in total. The quantitative estimate of drug-likeness (QED) is 0.502. The van der Waals surface area contributed by atoms with Gasteiger partial charge in [-0.05, 0) is 36.0 Å². The molecule has 2 aromatic carbocycles. The summed E-state index contributed by atoms with van der Waals surface area (Å²) in [6.07, 6.45) is 1.68. The van der Waals surface area contributed by atoms with Crippen LogP contribution in [0.2, 0.25) is 10.0 Å². The van der Waals surface area contributed by atoms with E-state index in [9.17, 15) is 0 Å². The van der Waals surface area contributed by atoms with E-state index in [4.69, 9.17) is 35.4 Å². The minimum atomic E-state index is 0.371. The van der Waals surface area contributed by atoms with E-state index in [1.54, 1.807) is 24.4 Å². The van der Waals surface area contributed by atoms with E-state index >= 15 is 0 Å². The predicted molar refractivity (Wildman–Crippen MR) is 89.9 cm³/mol. The van der Waals surface area contributed by atoms with Gasteiger partial charge in [0.1, 0.15) is 0 Å². The summed E-state index contributed by atoms with van der Waals surface area (Å²) in [5.41, 5.74) is 4.45. The molecule has 0 radical (unpaired) electrons. The normalized spacial score (nSPS) is 10.5. The molecule has 2 aromatic rings. The Bertz CT molecular complexity index is 630. The summed E-state index contributed by atoms with van der Waals surface area (Å²) < 4.78 is 0. The number of halogens is 2. The van der Waals surface area contributed by atoms with Crippen LogP contribution in [-0.4, -0.2) is 11.3 Å². The third-order valence-corrected chi connectivity index (χ3v) is 3.29. The number of thiocarbonyl (C=S) groups is 1. The van der Waals surface area contributed by atoms with Crippen molar-refractivity contribution in [3.05, 3.63) is 64.1 Å². The lowest BCUT2D eigenvalue weighted by Crippen LogP contribution is -2.23. The first kappa shape index (κ1) is 14.8. The van der Waals surface area contributed by atoms with Gasteiger partial charge in [-0.1, -0.05) is 53.5 Å². The summed E-state index contributed by atoms with van der Waals surface area (Å²) in [4.78, 5) is 0. The van der Waals surface area contributed by atoms with Crippen LogP contribution in [0, 0.1) is 0 Å². The second kappa shape index (κ2) is 7.24. The molecule has 2 rings (SSSR count). The smallest absolute Gasteiger partial charge is 0.191 e. The molecule has 0 unspecified atom stereocenters. The Morgan fingerprint density at radius 1 is 1.05 bits per heavy atom. The largest absolute Gasteiger partial charge is 0.331 e. The standard InChI is InChI=1S/C14H11Cl2N3S/c15-12-7-6-11(8-13(12)16)18-14(20)19-17-9-10-4-2-1-3-5-10/h1-9H,(H2,18,19,20). The van der Waals surface area contributed by atoms with Gasteiger partial charge in [0.15, 0.2) is 5.11 Å². The number of rotatable bonds is 3. The third kappa shape index (κ3) is 4.49. The molecule has 0 atom stereocenters. The Morgan fingerprint density at radius 2 is 1.80 bits per heavy atom. The first-order valence-electron chi connectivity index (χ1n) is 5.75. The van der Waals surface area contributed by atoms with Crippen molar-refractivity contribution in [2.75, 3.05) is 5.32 Å². The second-order valence-corrected chi connectivity index (χ2v) is 5.09. The molecule has 0 bridgehead atoms. The van der Waals surface area contributed by atoms with Crippen molar-refractivity contribution in [3.8, 4) is 0 Å². The number of hydrazone groups is 1. The van der Waals surface area contributed by atoms with E-state index < -0.39 is 0 Å². The molecule has 6 heteroatoms. The van der Waals surface area contributed by atoms with Gasteiger partial charge in [-0.25, -0.2) is 0 Å². The van der Waals surface area contributed by atoms with E-state index in [1.807, 2.05) is 30.3 Å². The van der Waals surface area contributed by atoms with Crippen molar-refractivity contribution >= 4 is 52.4 Å². The molecule has 0 amide bonds. The van der Waals surface area contributed by atoms with Crippen LogP contribution >= 0.6 is 35.4 Å². The lowest BCUT2D eigenvalue weighted by molar-refractivity contribution is 1.05. The monoisotopic (exact) mass is 323 g/mol. The lowest BCUT2D eigenvalue weighted by Gasteiger charge is -2.07. The zero-order valence-corrected chi connectivity index (χ0v) is 12.6. The summed E-state index contributed by atoms with van der Waals surface area (Å²) >= 11 is 16.9. The number of nitrogens with zero attached hydrogens (tertiary/aromatic N) is 1. The lowest BCUT2D eigenvalue weighted by atomic mass is 10.2.